The van der Waals surface area contributed by atoms with Crippen LogP contribution in [-0.2, 0) is 9.53 Å². The average Bonchev–Trinajstić information content (AvgIpc) is 2.39. The average molecular weight is 287 g/mol. The van der Waals surface area contributed by atoms with Gasteiger partial charge in [0.05, 0.1) is 17.6 Å². The van der Waals surface area contributed by atoms with E-state index >= 15 is 0 Å². The first kappa shape index (κ1) is 16.3. The number of nitrogens with two attached hydrogens (primary N) is 1. The van der Waals surface area contributed by atoms with E-state index in [1.54, 1.807) is 0 Å². The topological polar surface area (TPSA) is 58.8 Å². The normalized spacial score (nSPS) is 20.8. The van der Waals surface area contributed by atoms with Crippen LogP contribution in [0.15, 0.2) is 0 Å². The highest BCUT2D eigenvalue weighted by atomic mass is 32.1. The van der Waals surface area contributed by atoms with Gasteiger partial charge >= 0.3 is 5.97 Å². The summed E-state index contributed by atoms with van der Waals surface area (Å²) in [6.45, 7) is 9.80. The van der Waals surface area contributed by atoms with E-state index in [0.717, 1.165) is 32.6 Å². The first-order valence-corrected chi connectivity index (χ1v) is 7.36. The van der Waals surface area contributed by atoms with Gasteiger partial charge < -0.3 is 10.5 Å². The van der Waals surface area contributed by atoms with Crippen molar-refractivity contribution in [1.29, 1.82) is 0 Å². The Morgan fingerprint density at radius 3 is 2.21 bits per heavy atom. The van der Waals surface area contributed by atoms with Crippen molar-refractivity contribution in [3.8, 4) is 0 Å². The molecule has 1 heterocycles. The minimum Gasteiger partial charge on any atom is -0.465 e. The molecule has 0 aromatic rings. The Morgan fingerprint density at radius 2 is 1.79 bits per heavy atom. The molecule has 0 amide bonds. The van der Waals surface area contributed by atoms with Crippen LogP contribution in [0.1, 0.15) is 27.2 Å². The molecule has 0 aromatic heterocycles. The largest absolute Gasteiger partial charge is 0.465 e. The lowest BCUT2D eigenvalue weighted by Crippen LogP contribution is -2.56. The summed E-state index contributed by atoms with van der Waals surface area (Å²) in [5.41, 5.74) is 5.68. The van der Waals surface area contributed by atoms with Gasteiger partial charge in [0.15, 0.2) is 0 Å². The smallest absolute Gasteiger partial charge is 0.323 e. The van der Waals surface area contributed by atoms with Gasteiger partial charge in [-0.1, -0.05) is 19.1 Å². The molecule has 2 unspecified atom stereocenters. The number of hydrogen-bond donors (Lipinski definition) is 1. The number of nitrogens with zero attached hydrogens (tertiary/aromatic N) is 2. The second-order valence-corrected chi connectivity index (χ2v) is 5.30. The van der Waals surface area contributed by atoms with Gasteiger partial charge in [-0.25, -0.2) is 0 Å². The standard InChI is InChI=1S/C13H25N3O2S/c1-4-11(13(17)18-5-2)16-8-6-15(7-9-16)10(3)12(14)19/h10-11H,4-9H2,1-3H3,(H2,14,19). The maximum atomic E-state index is 11.9. The van der Waals surface area contributed by atoms with Crippen molar-refractivity contribution in [2.75, 3.05) is 32.8 Å². The monoisotopic (exact) mass is 287 g/mol. The Morgan fingerprint density at radius 1 is 1.26 bits per heavy atom. The van der Waals surface area contributed by atoms with E-state index in [9.17, 15) is 4.79 Å². The molecular weight excluding hydrogens is 262 g/mol. The molecule has 1 aliphatic heterocycles. The van der Waals surface area contributed by atoms with E-state index in [2.05, 4.69) is 9.80 Å². The van der Waals surface area contributed by atoms with Crippen molar-refractivity contribution in [3.05, 3.63) is 0 Å². The molecular formula is C13H25N3O2S. The second kappa shape index (κ2) is 7.77. The van der Waals surface area contributed by atoms with Crippen LogP contribution in [0.25, 0.3) is 0 Å². The molecule has 0 radical (unpaired) electrons. The highest BCUT2D eigenvalue weighted by molar-refractivity contribution is 7.80. The van der Waals surface area contributed by atoms with Crippen molar-refractivity contribution in [3.63, 3.8) is 0 Å². The zero-order valence-electron chi connectivity index (χ0n) is 12.1. The minimum absolute atomic E-state index is 0.110. The molecule has 0 aromatic carbocycles. The number of carbonyl (C=O) groups excluding carboxylic acids is 1. The molecule has 0 spiro atoms. The summed E-state index contributed by atoms with van der Waals surface area (Å²) < 4.78 is 5.13. The molecule has 110 valence electrons. The Balaban J connectivity index is 2.52. The predicted octanol–water partition coefficient (Wildman–Crippen LogP) is 0.620. The summed E-state index contributed by atoms with van der Waals surface area (Å²) in [6.07, 6.45) is 0.781. The maximum Gasteiger partial charge on any atom is 0.323 e. The molecule has 1 rings (SSSR count). The lowest BCUT2D eigenvalue weighted by molar-refractivity contribution is -0.150. The number of rotatable bonds is 6. The van der Waals surface area contributed by atoms with Crippen LogP contribution in [-0.4, -0.2) is 65.6 Å². The van der Waals surface area contributed by atoms with E-state index in [0.29, 0.717) is 11.6 Å². The van der Waals surface area contributed by atoms with Crippen LogP contribution >= 0.6 is 12.2 Å². The van der Waals surface area contributed by atoms with E-state index in [1.807, 2.05) is 20.8 Å². The zero-order chi connectivity index (χ0) is 14.4. The van der Waals surface area contributed by atoms with Gasteiger partial charge in [0.1, 0.15) is 6.04 Å². The van der Waals surface area contributed by atoms with Crippen LogP contribution in [0.4, 0.5) is 0 Å². The third-order valence-corrected chi connectivity index (χ3v) is 4.04. The fourth-order valence-electron chi connectivity index (χ4n) is 2.43. The molecule has 0 aliphatic carbocycles. The van der Waals surface area contributed by atoms with Gasteiger partial charge in [-0.3, -0.25) is 14.6 Å². The van der Waals surface area contributed by atoms with Gasteiger partial charge in [-0.15, -0.1) is 0 Å². The summed E-state index contributed by atoms with van der Waals surface area (Å²) in [7, 11) is 0. The van der Waals surface area contributed by atoms with Crippen molar-refractivity contribution < 1.29 is 9.53 Å². The lowest BCUT2D eigenvalue weighted by Gasteiger charge is -2.40. The van der Waals surface area contributed by atoms with E-state index < -0.39 is 0 Å². The van der Waals surface area contributed by atoms with Crippen molar-refractivity contribution in [2.45, 2.75) is 39.3 Å². The first-order chi connectivity index (χ1) is 9.01. The van der Waals surface area contributed by atoms with Crippen LogP contribution in [0.2, 0.25) is 0 Å². The SMILES string of the molecule is CCOC(=O)C(CC)N1CCN(C(C)C(N)=S)CC1. The lowest BCUT2D eigenvalue weighted by atomic mass is 10.1. The highest BCUT2D eigenvalue weighted by Crippen LogP contribution is 2.13. The molecule has 0 saturated carbocycles. The number of esters is 1. The number of hydrogen-bond acceptors (Lipinski definition) is 5. The Bertz CT molecular complexity index is 317. The molecule has 1 aliphatic rings. The summed E-state index contributed by atoms with van der Waals surface area (Å²) in [5, 5.41) is 0. The molecule has 2 atom stereocenters. The third-order valence-electron chi connectivity index (χ3n) is 3.69. The van der Waals surface area contributed by atoms with Crippen molar-refractivity contribution >= 4 is 23.2 Å². The fourth-order valence-corrected chi connectivity index (χ4v) is 2.58. The van der Waals surface area contributed by atoms with Gasteiger partial charge in [0.2, 0.25) is 0 Å². The fraction of sp³-hybridized carbons (Fsp3) is 0.846. The Labute approximate surface area is 121 Å². The van der Waals surface area contributed by atoms with Crippen molar-refractivity contribution in [2.24, 2.45) is 5.73 Å². The molecule has 19 heavy (non-hydrogen) atoms. The molecule has 2 N–H and O–H groups in total. The van der Waals surface area contributed by atoms with E-state index in [1.165, 1.54) is 0 Å². The van der Waals surface area contributed by atoms with Crippen LogP contribution in [0, 0.1) is 0 Å². The number of carbonyl (C=O) groups is 1. The third kappa shape index (κ3) is 4.40. The molecule has 6 heteroatoms. The summed E-state index contributed by atoms with van der Waals surface area (Å²) in [5.74, 6) is -0.110. The van der Waals surface area contributed by atoms with Crippen molar-refractivity contribution in [1.82, 2.24) is 9.80 Å². The summed E-state index contributed by atoms with van der Waals surface area (Å²) in [6, 6.07) is 0.00190. The van der Waals surface area contributed by atoms with Crippen LogP contribution in [0.3, 0.4) is 0 Å². The first-order valence-electron chi connectivity index (χ1n) is 6.95. The van der Waals surface area contributed by atoms with Gasteiger partial charge in [0.25, 0.3) is 0 Å². The van der Waals surface area contributed by atoms with Gasteiger partial charge in [0, 0.05) is 26.2 Å². The van der Waals surface area contributed by atoms with Crippen LogP contribution < -0.4 is 5.73 Å². The second-order valence-electron chi connectivity index (χ2n) is 4.83. The zero-order valence-corrected chi connectivity index (χ0v) is 12.9. The number of ether oxygens (including phenoxy) is 1. The number of piperazine rings is 1. The van der Waals surface area contributed by atoms with Gasteiger partial charge in [-0.2, -0.15) is 0 Å². The summed E-state index contributed by atoms with van der Waals surface area (Å²) in [4.78, 5) is 16.9. The number of thiocarbonyl (C=S) groups is 1. The Kier molecular flexibility index (Phi) is 6.68. The van der Waals surface area contributed by atoms with E-state index in [-0.39, 0.29) is 18.1 Å². The molecule has 5 nitrogen and oxygen atoms in total. The quantitative estimate of drug-likeness (QED) is 0.571. The summed E-state index contributed by atoms with van der Waals surface area (Å²) >= 11 is 5.03. The molecule has 1 fully saturated rings. The molecule has 0 bridgehead atoms. The maximum absolute atomic E-state index is 11.9. The Hall–Kier alpha value is -0.720. The van der Waals surface area contributed by atoms with E-state index in [4.69, 9.17) is 22.7 Å². The predicted molar refractivity (Wildman–Crippen MR) is 80.1 cm³/mol. The molecule has 1 saturated heterocycles. The highest BCUT2D eigenvalue weighted by Gasteiger charge is 2.30. The van der Waals surface area contributed by atoms with Gasteiger partial charge in [-0.05, 0) is 20.3 Å². The van der Waals surface area contributed by atoms with Crippen LogP contribution in [0.5, 0.6) is 0 Å². The minimum atomic E-state index is -0.123.